The molecule has 0 spiro atoms. The summed E-state index contributed by atoms with van der Waals surface area (Å²) in [6, 6.07) is 7.50. The van der Waals surface area contributed by atoms with Gasteiger partial charge in [0.15, 0.2) is 0 Å². The number of hydrogen-bond acceptors (Lipinski definition) is 2. The van der Waals surface area contributed by atoms with Crippen LogP contribution in [0.3, 0.4) is 0 Å². The Morgan fingerprint density at radius 2 is 2.23 bits per heavy atom. The van der Waals surface area contributed by atoms with E-state index >= 15 is 0 Å². The molecule has 13 heavy (non-hydrogen) atoms. The van der Waals surface area contributed by atoms with E-state index in [-0.39, 0.29) is 6.04 Å². The van der Waals surface area contributed by atoms with Gasteiger partial charge in [-0.15, -0.1) is 6.42 Å². The molecular weight excluding hydrogens is 162 g/mol. The molecule has 0 radical (unpaired) electrons. The third kappa shape index (κ3) is 2.50. The summed E-state index contributed by atoms with van der Waals surface area (Å²) in [6.07, 6.45) is 5.85. The minimum absolute atomic E-state index is 0.240. The van der Waals surface area contributed by atoms with Gasteiger partial charge in [-0.2, -0.15) is 0 Å². The number of nitrogens with two attached hydrogens (primary N) is 1. The molecular formula is C11H13NO. The minimum Gasteiger partial charge on any atom is -0.496 e. The van der Waals surface area contributed by atoms with Crippen molar-refractivity contribution in [2.45, 2.75) is 12.5 Å². The van der Waals surface area contributed by atoms with Crippen molar-refractivity contribution in [3.63, 3.8) is 0 Å². The van der Waals surface area contributed by atoms with Crippen LogP contribution in [0, 0.1) is 12.3 Å². The second-order valence-electron chi connectivity index (χ2n) is 2.79. The molecule has 0 aliphatic heterocycles. The van der Waals surface area contributed by atoms with Crippen LogP contribution in [0.2, 0.25) is 0 Å². The fourth-order valence-corrected chi connectivity index (χ4v) is 1.17. The normalized spacial score (nSPS) is 11.8. The number of methoxy groups -OCH3 is 1. The lowest BCUT2D eigenvalue weighted by molar-refractivity contribution is 0.409. The van der Waals surface area contributed by atoms with Crippen LogP contribution in [0.5, 0.6) is 5.75 Å². The molecule has 0 aliphatic rings. The molecule has 1 rings (SSSR count). The van der Waals surface area contributed by atoms with Gasteiger partial charge in [-0.05, 0) is 11.6 Å². The predicted molar refractivity (Wildman–Crippen MR) is 53.5 cm³/mol. The van der Waals surface area contributed by atoms with Crippen molar-refractivity contribution < 1.29 is 4.74 Å². The lowest BCUT2D eigenvalue weighted by Crippen LogP contribution is -2.20. The van der Waals surface area contributed by atoms with Crippen LogP contribution in [0.4, 0.5) is 0 Å². The van der Waals surface area contributed by atoms with Crippen LogP contribution in [0.25, 0.3) is 0 Å². The van der Waals surface area contributed by atoms with E-state index in [4.69, 9.17) is 16.9 Å². The Bertz CT molecular complexity index is 314. The van der Waals surface area contributed by atoms with Crippen molar-refractivity contribution in [2.24, 2.45) is 5.73 Å². The molecule has 68 valence electrons. The van der Waals surface area contributed by atoms with E-state index in [2.05, 4.69) is 5.92 Å². The molecule has 0 saturated heterocycles. The molecule has 0 bridgehead atoms. The highest BCUT2D eigenvalue weighted by molar-refractivity contribution is 5.34. The zero-order valence-corrected chi connectivity index (χ0v) is 7.66. The number of rotatable bonds is 3. The van der Waals surface area contributed by atoms with E-state index in [0.717, 1.165) is 11.3 Å². The molecule has 0 amide bonds. The quantitative estimate of drug-likeness (QED) is 0.700. The van der Waals surface area contributed by atoms with E-state index in [1.807, 2.05) is 24.3 Å². The zero-order valence-electron chi connectivity index (χ0n) is 7.66. The van der Waals surface area contributed by atoms with Gasteiger partial charge >= 0.3 is 0 Å². The molecule has 0 heterocycles. The maximum absolute atomic E-state index is 5.64. The number of benzene rings is 1. The SMILES string of the molecule is C#CC(N)Cc1ccccc1OC. The largest absolute Gasteiger partial charge is 0.496 e. The fraction of sp³-hybridized carbons (Fsp3) is 0.273. The smallest absolute Gasteiger partial charge is 0.122 e. The Morgan fingerprint density at radius 1 is 1.54 bits per heavy atom. The number of hydrogen-bond donors (Lipinski definition) is 1. The second kappa shape index (κ2) is 4.54. The molecule has 1 atom stereocenters. The third-order valence-electron chi connectivity index (χ3n) is 1.85. The number of para-hydroxylation sites is 1. The van der Waals surface area contributed by atoms with Gasteiger partial charge in [-0.25, -0.2) is 0 Å². The van der Waals surface area contributed by atoms with Gasteiger partial charge in [-0.1, -0.05) is 24.1 Å². The average molecular weight is 175 g/mol. The van der Waals surface area contributed by atoms with Crippen LogP contribution in [-0.2, 0) is 6.42 Å². The Hall–Kier alpha value is -1.46. The van der Waals surface area contributed by atoms with Gasteiger partial charge in [0.2, 0.25) is 0 Å². The highest BCUT2D eigenvalue weighted by Gasteiger charge is 2.04. The lowest BCUT2D eigenvalue weighted by Gasteiger charge is -2.09. The van der Waals surface area contributed by atoms with Crippen LogP contribution in [0.15, 0.2) is 24.3 Å². The van der Waals surface area contributed by atoms with Gasteiger partial charge in [0.25, 0.3) is 0 Å². The second-order valence-corrected chi connectivity index (χ2v) is 2.79. The highest BCUT2D eigenvalue weighted by atomic mass is 16.5. The molecule has 1 aromatic rings. The summed E-state index contributed by atoms with van der Waals surface area (Å²) >= 11 is 0. The molecule has 1 unspecified atom stereocenters. The first kappa shape index (κ1) is 9.63. The summed E-state index contributed by atoms with van der Waals surface area (Å²) in [5, 5.41) is 0. The number of terminal acetylenes is 1. The van der Waals surface area contributed by atoms with Crippen molar-refractivity contribution in [3.8, 4) is 18.1 Å². The first-order valence-electron chi connectivity index (χ1n) is 4.11. The fourth-order valence-electron chi connectivity index (χ4n) is 1.17. The third-order valence-corrected chi connectivity index (χ3v) is 1.85. The van der Waals surface area contributed by atoms with E-state index in [1.54, 1.807) is 7.11 Å². The summed E-state index contributed by atoms with van der Waals surface area (Å²) < 4.78 is 5.17. The molecule has 1 aromatic carbocycles. The van der Waals surface area contributed by atoms with Crippen molar-refractivity contribution in [1.82, 2.24) is 0 Å². The van der Waals surface area contributed by atoms with Crippen LogP contribution < -0.4 is 10.5 Å². The van der Waals surface area contributed by atoms with Crippen molar-refractivity contribution in [2.75, 3.05) is 7.11 Å². The topological polar surface area (TPSA) is 35.2 Å². The van der Waals surface area contributed by atoms with Crippen molar-refractivity contribution in [3.05, 3.63) is 29.8 Å². The monoisotopic (exact) mass is 175 g/mol. The average Bonchev–Trinajstić information content (AvgIpc) is 2.18. The summed E-state index contributed by atoms with van der Waals surface area (Å²) in [5.41, 5.74) is 6.69. The maximum Gasteiger partial charge on any atom is 0.122 e. The van der Waals surface area contributed by atoms with Crippen molar-refractivity contribution >= 4 is 0 Å². The standard InChI is InChI=1S/C11H13NO/c1-3-10(12)8-9-6-4-5-7-11(9)13-2/h1,4-7,10H,8,12H2,2H3. The van der Waals surface area contributed by atoms with Gasteiger partial charge < -0.3 is 10.5 Å². The highest BCUT2D eigenvalue weighted by Crippen LogP contribution is 2.18. The van der Waals surface area contributed by atoms with E-state index in [0.29, 0.717) is 6.42 Å². The summed E-state index contributed by atoms with van der Waals surface area (Å²) in [6.45, 7) is 0. The Labute approximate surface area is 78.7 Å². The first-order valence-corrected chi connectivity index (χ1v) is 4.11. The Morgan fingerprint density at radius 3 is 2.85 bits per heavy atom. The van der Waals surface area contributed by atoms with Crippen LogP contribution in [-0.4, -0.2) is 13.2 Å². The van der Waals surface area contributed by atoms with Gasteiger partial charge in [-0.3, -0.25) is 0 Å². The first-order chi connectivity index (χ1) is 6.27. The maximum atomic E-state index is 5.64. The lowest BCUT2D eigenvalue weighted by atomic mass is 10.1. The molecule has 0 fully saturated rings. The summed E-state index contributed by atoms with van der Waals surface area (Å²) in [5.74, 6) is 3.33. The van der Waals surface area contributed by atoms with Crippen LogP contribution >= 0.6 is 0 Å². The minimum atomic E-state index is -0.240. The van der Waals surface area contributed by atoms with E-state index < -0.39 is 0 Å². The molecule has 0 aliphatic carbocycles. The Kier molecular flexibility index (Phi) is 3.36. The number of ether oxygens (including phenoxy) is 1. The predicted octanol–water partition coefficient (Wildman–Crippen LogP) is 1.20. The zero-order chi connectivity index (χ0) is 9.68. The summed E-state index contributed by atoms with van der Waals surface area (Å²) in [4.78, 5) is 0. The Balaban J connectivity index is 2.82. The van der Waals surface area contributed by atoms with E-state index in [9.17, 15) is 0 Å². The van der Waals surface area contributed by atoms with Gasteiger partial charge in [0, 0.05) is 6.42 Å². The van der Waals surface area contributed by atoms with Crippen LogP contribution in [0.1, 0.15) is 5.56 Å². The molecule has 2 nitrogen and oxygen atoms in total. The summed E-state index contributed by atoms with van der Waals surface area (Å²) in [7, 11) is 1.64. The van der Waals surface area contributed by atoms with Crippen molar-refractivity contribution in [1.29, 1.82) is 0 Å². The molecule has 0 saturated carbocycles. The molecule has 2 N–H and O–H groups in total. The molecule has 2 heteroatoms. The van der Waals surface area contributed by atoms with E-state index in [1.165, 1.54) is 0 Å². The molecule has 0 aromatic heterocycles. The van der Waals surface area contributed by atoms with Gasteiger partial charge in [0.05, 0.1) is 13.2 Å². The van der Waals surface area contributed by atoms with Gasteiger partial charge in [0.1, 0.15) is 5.75 Å².